The first-order chi connectivity index (χ1) is 12.8. The summed E-state index contributed by atoms with van der Waals surface area (Å²) in [5.41, 5.74) is 0. The second-order valence-corrected chi connectivity index (χ2v) is 8.23. The Kier molecular flexibility index (Phi) is 15.2. The fraction of sp³-hybridized carbons (Fsp3) is 0.957. The molecule has 2 atom stereocenters. The molecule has 0 aromatic heterocycles. The average molecular weight is 367 g/mol. The van der Waals surface area contributed by atoms with Gasteiger partial charge in [-0.25, -0.2) is 0 Å². The third kappa shape index (κ3) is 12.1. The van der Waals surface area contributed by atoms with E-state index in [0.29, 0.717) is 0 Å². The van der Waals surface area contributed by atoms with Crippen LogP contribution < -0.4 is 0 Å². The van der Waals surface area contributed by atoms with E-state index in [2.05, 4.69) is 16.8 Å². The molecule has 0 aromatic rings. The van der Waals surface area contributed by atoms with Crippen LogP contribution in [-0.2, 0) is 0 Å². The Morgan fingerprint density at radius 2 is 1.23 bits per heavy atom. The fourth-order valence-electron chi connectivity index (χ4n) is 3.99. The first-order valence-corrected chi connectivity index (χ1v) is 11.7. The van der Waals surface area contributed by atoms with Crippen LogP contribution >= 0.6 is 0 Å². The summed E-state index contributed by atoms with van der Waals surface area (Å²) in [4.78, 5) is 6.56. The first-order valence-electron chi connectivity index (χ1n) is 11.7. The van der Waals surface area contributed by atoms with E-state index in [0.717, 1.165) is 13.0 Å². The second kappa shape index (κ2) is 16.7. The molecule has 0 bridgehead atoms. The molecule has 154 valence electrons. The topological polar surface area (TPSA) is 35.8 Å². The maximum atomic E-state index is 9.70. The fourth-order valence-corrected chi connectivity index (χ4v) is 3.99. The van der Waals surface area contributed by atoms with Crippen molar-refractivity contribution in [3.63, 3.8) is 0 Å². The SMILES string of the molecule is CCCCCCCCCCCCCCCCCCC1N=CCN1C(C)O. The number of aliphatic hydroxyl groups is 1. The quantitative estimate of drug-likeness (QED) is 0.274. The third-order valence-corrected chi connectivity index (χ3v) is 5.75. The highest BCUT2D eigenvalue weighted by Crippen LogP contribution is 2.18. The molecule has 2 unspecified atom stereocenters. The molecule has 0 radical (unpaired) electrons. The van der Waals surface area contributed by atoms with Crippen molar-refractivity contribution in [1.29, 1.82) is 0 Å². The molecule has 1 N–H and O–H groups in total. The van der Waals surface area contributed by atoms with Crippen LogP contribution in [0.1, 0.15) is 123 Å². The lowest BCUT2D eigenvalue weighted by molar-refractivity contribution is 0.00710. The summed E-state index contributed by atoms with van der Waals surface area (Å²) in [6, 6.07) is 0. The molecule has 1 heterocycles. The van der Waals surface area contributed by atoms with Crippen molar-refractivity contribution < 1.29 is 5.11 Å². The number of hydrogen-bond acceptors (Lipinski definition) is 3. The summed E-state index contributed by atoms with van der Waals surface area (Å²) in [5, 5.41) is 9.70. The summed E-state index contributed by atoms with van der Waals surface area (Å²) < 4.78 is 0. The summed E-state index contributed by atoms with van der Waals surface area (Å²) in [6.07, 6.45) is 25.5. The van der Waals surface area contributed by atoms with Gasteiger partial charge in [-0.15, -0.1) is 0 Å². The van der Waals surface area contributed by atoms with Crippen LogP contribution in [-0.4, -0.2) is 35.2 Å². The van der Waals surface area contributed by atoms with E-state index in [-0.39, 0.29) is 12.4 Å². The minimum absolute atomic E-state index is 0.224. The minimum Gasteiger partial charge on any atom is -0.379 e. The van der Waals surface area contributed by atoms with E-state index in [1.807, 2.05) is 13.1 Å². The predicted octanol–water partition coefficient (Wildman–Crippen LogP) is 6.69. The highest BCUT2D eigenvalue weighted by atomic mass is 16.3. The summed E-state index contributed by atoms with van der Waals surface area (Å²) >= 11 is 0. The largest absolute Gasteiger partial charge is 0.379 e. The monoisotopic (exact) mass is 366 g/mol. The summed E-state index contributed by atoms with van der Waals surface area (Å²) in [7, 11) is 0. The Morgan fingerprint density at radius 3 is 1.65 bits per heavy atom. The highest BCUT2D eigenvalue weighted by Gasteiger charge is 2.23. The van der Waals surface area contributed by atoms with Gasteiger partial charge in [0.2, 0.25) is 0 Å². The molecular formula is C23H46N2O. The lowest BCUT2D eigenvalue weighted by atomic mass is 10.0. The summed E-state index contributed by atoms with van der Waals surface area (Å²) in [5.74, 6) is 0. The van der Waals surface area contributed by atoms with Gasteiger partial charge in [0, 0.05) is 12.8 Å². The Hall–Kier alpha value is -0.410. The molecule has 1 rings (SSSR count). The van der Waals surface area contributed by atoms with Gasteiger partial charge in [0.15, 0.2) is 0 Å². The molecule has 0 aromatic carbocycles. The lowest BCUT2D eigenvalue weighted by Gasteiger charge is -2.25. The van der Waals surface area contributed by atoms with E-state index in [4.69, 9.17) is 0 Å². The van der Waals surface area contributed by atoms with Gasteiger partial charge in [-0.05, 0) is 19.8 Å². The zero-order chi connectivity index (χ0) is 18.9. The Bertz CT molecular complexity index is 330. The van der Waals surface area contributed by atoms with E-state index in [1.165, 1.54) is 103 Å². The summed E-state index contributed by atoms with van der Waals surface area (Å²) in [6.45, 7) is 4.94. The van der Waals surface area contributed by atoms with Crippen LogP contribution in [0.15, 0.2) is 4.99 Å². The van der Waals surface area contributed by atoms with Gasteiger partial charge in [0.1, 0.15) is 12.4 Å². The van der Waals surface area contributed by atoms with Gasteiger partial charge >= 0.3 is 0 Å². The molecule has 0 aliphatic carbocycles. The van der Waals surface area contributed by atoms with Crippen molar-refractivity contribution in [3.05, 3.63) is 0 Å². The van der Waals surface area contributed by atoms with E-state index < -0.39 is 0 Å². The Morgan fingerprint density at radius 1 is 0.808 bits per heavy atom. The predicted molar refractivity (Wildman–Crippen MR) is 115 cm³/mol. The standard InChI is InChI=1S/C23H46N2O/c1-3-4-5-6-7-8-9-10-11-12-13-14-15-16-17-18-19-23-24-20-21-25(23)22(2)26/h20,22-23,26H,3-19,21H2,1-2H3. The van der Waals surface area contributed by atoms with Crippen LogP contribution in [0.4, 0.5) is 0 Å². The van der Waals surface area contributed by atoms with Crippen LogP contribution in [0.3, 0.4) is 0 Å². The first kappa shape index (κ1) is 23.6. The smallest absolute Gasteiger partial charge is 0.106 e. The molecule has 1 aliphatic rings. The van der Waals surface area contributed by atoms with Gasteiger partial charge in [0.05, 0.1) is 0 Å². The minimum atomic E-state index is -0.372. The van der Waals surface area contributed by atoms with Crippen molar-refractivity contribution >= 4 is 6.21 Å². The van der Waals surface area contributed by atoms with E-state index >= 15 is 0 Å². The third-order valence-electron chi connectivity index (χ3n) is 5.75. The maximum Gasteiger partial charge on any atom is 0.106 e. The van der Waals surface area contributed by atoms with Gasteiger partial charge in [-0.1, -0.05) is 103 Å². The number of rotatable bonds is 18. The number of hydrogen-bond donors (Lipinski definition) is 1. The maximum absolute atomic E-state index is 9.70. The van der Waals surface area contributed by atoms with Gasteiger partial charge < -0.3 is 5.11 Å². The Labute approximate surface area is 163 Å². The lowest BCUT2D eigenvalue weighted by Crippen LogP contribution is -2.37. The molecule has 0 amide bonds. The molecule has 3 nitrogen and oxygen atoms in total. The van der Waals surface area contributed by atoms with Crippen molar-refractivity contribution in [3.8, 4) is 0 Å². The van der Waals surface area contributed by atoms with Gasteiger partial charge in [0.25, 0.3) is 0 Å². The number of nitrogens with zero attached hydrogens (tertiary/aromatic N) is 2. The van der Waals surface area contributed by atoms with Gasteiger partial charge in [-0.3, -0.25) is 9.89 Å². The van der Waals surface area contributed by atoms with Crippen LogP contribution in [0.2, 0.25) is 0 Å². The van der Waals surface area contributed by atoms with Crippen LogP contribution in [0.25, 0.3) is 0 Å². The molecule has 0 fully saturated rings. The Balaban J connectivity index is 1.75. The van der Waals surface area contributed by atoms with Crippen molar-refractivity contribution in [2.75, 3.05) is 6.54 Å². The average Bonchev–Trinajstić information content (AvgIpc) is 3.10. The number of unbranched alkanes of at least 4 members (excludes halogenated alkanes) is 15. The van der Waals surface area contributed by atoms with Crippen molar-refractivity contribution in [1.82, 2.24) is 4.90 Å². The number of aliphatic hydroxyl groups excluding tert-OH is 1. The molecule has 26 heavy (non-hydrogen) atoms. The highest BCUT2D eigenvalue weighted by molar-refractivity contribution is 5.62. The van der Waals surface area contributed by atoms with Crippen LogP contribution in [0.5, 0.6) is 0 Å². The number of aliphatic imine (C=N–C) groups is 1. The van der Waals surface area contributed by atoms with Gasteiger partial charge in [-0.2, -0.15) is 0 Å². The molecule has 1 aliphatic heterocycles. The molecule has 0 saturated heterocycles. The van der Waals surface area contributed by atoms with Crippen molar-refractivity contribution in [2.24, 2.45) is 4.99 Å². The second-order valence-electron chi connectivity index (χ2n) is 8.23. The van der Waals surface area contributed by atoms with E-state index in [9.17, 15) is 5.11 Å². The molecular weight excluding hydrogens is 320 g/mol. The molecule has 0 saturated carbocycles. The van der Waals surface area contributed by atoms with E-state index in [1.54, 1.807) is 0 Å². The zero-order valence-corrected chi connectivity index (χ0v) is 17.8. The molecule has 0 spiro atoms. The van der Waals surface area contributed by atoms with Crippen LogP contribution in [0, 0.1) is 0 Å². The van der Waals surface area contributed by atoms with Crippen molar-refractivity contribution in [2.45, 2.75) is 135 Å². The normalized spacial score (nSPS) is 18.7. The zero-order valence-electron chi connectivity index (χ0n) is 17.8. The molecule has 3 heteroatoms.